The number of hydrogen-bond acceptors (Lipinski definition) is 5. The lowest BCUT2D eigenvalue weighted by molar-refractivity contribution is -0.137. The number of nitrogens with one attached hydrogen (secondary N) is 1. The van der Waals surface area contributed by atoms with Gasteiger partial charge in [0, 0.05) is 45.1 Å². The van der Waals surface area contributed by atoms with E-state index in [9.17, 15) is 32.3 Å². The van der Waals surface area contributed by atoms with Gasteiger partial charge in [0.2, 0.25) is 11.8 Å². The lowest BCUT2D eigenvalue weighted by atomic mass is 10.00. The number of nitrogens with two attached hydrogens (primary N) is 1. The van der Waals surface area contributed by atoms with Crippen molar-refractivity contribution in [2.75, 3.05) is 26.2 Å². The van der Waals surface area contributed by atoms with Crippen molar-refractivity contribution in [3.05, 3.63) is 65.0 Å². The van der Waals surface area contributed by atoms with E-state index in [2.05, 4.69) is 12.2 Å². The van der Waals surface area contributed by atoms with Gasteiger partial charge in [0.05, 0.1) is 18.3 Å². The minimum absolute atomic E-state index is 0.0236. The SMILES string of the molecule is CCCC(CCN(CCC)C(=O)CCC(N)=O)COc1cc(F)cc(CC[C@H](O)CNCc2cccc(C(F)(F)F)c2)c1. The Morgan fingerprint density at radius 3 is 2.44 bits per heavy atom. The lowest BCUT2D eigenvalue weighted by Gasteiger charge is -2.25. The molecule has 7 nitrogen and oxygen atoms in total. The second-order valence-electron chi connectivity index (χ2n) is 10.9. The monoisotopic (exact) mass is 611 g/mol. The maximum absolute atomic E-state index is 14.4. The van der Waals surface area contributed by atoms with Crippen LogP contribution in [-0.2, 0) is 28.7 Å². The molecule has 4 N–H and O–H groups in total. The third kappa shape index (κ3) is 14.2. The number of ether oxygens (including phenoxy) is 1. The van der Waals surface area contributed by atoms with Gasteiger partial charge in [-0.05, 0) is 67.3 Å². The molecule has 0 aliphatic carbocycles. The zero-order valence-corrected chi connectivity index (χ0v) is 25.1. The Kier molecular flexibility index (Phi) is 15.5. The van der Waals surface area contributed by atoms with Crippen LogP contribution in [0.4, 0.5) is 17.6 Å². The second kappa shape index (κ2) is 18.5. The summed E-state index contributed by atoms with van der Waals surface area (Å²) in [5.41, 5.74) is 5.59. The number of aliphatic hydroxyl groups is 1. The van der Waals surface area contributed by atoms with E-state index in [1.165, 1.54) is 18.2 Å². The molecule has 0 fully saturated rings. The van der Waals surface area contributed by atoms with E-state index in [1.54, 1.807) is 17.0 Å². The molecule has 11 heteroatoms. The third-order valence-electron chi connectivity index (χ3n) is 7.08. The Labute approximate surface area is 251 Å². The topological polar surface area (TPSA) is 105 Å². The summed E-state index contributed by atoms with van der Waals surface area (Å²) >= 11 is 0. The largest absolute Gasteiger partial charge is 0.493 e. The summed E-state index contributed by atoms with van der Waals surface area (Å²) in [7, 11) is 0. The van der Waals surface area contributed by atoms with Crippen molar-refractivity contribution in [1.82, 2.24) is 10.2 Å². The summed E-state index contributed by atoms with van der Waals surface area (Å²) in [5.74, 6) is -0.525. The molecule has 2 amide bonds. The van der Waals surface area contributed by atoms with Gasteiger partial charge in [-0.3, -0.25) is 9.59 Å². The number of halogens is 4. The number of hydrogen-bond donors (Lipinski definition) is 3. The van der Waals surface area contributed by atoms with Crippen molar-refractivity contribution in [2.24, 2.45) is 11.7 Å². The number of carbonyl (C=O) groups is 2. The number of nitrogens with zero attached hydrogens (tertiary/aromatic N) is 1. The van der Waals surface area contributed by atoms with Crippen molar-refractivity contribution in [3.8, 4) is 5.75 Å². The first-order valence-corrected chi connectivity index (χ1v) is 14.9. The number of rotatable bonds is 20. The van der Waals surface area contributed by atoms with Crippen molar-refractivity contribution in [1.29, 1.82) is 0 Å². The molecule has 2 aromatic rings. The maximum atomic E-state index is 14.4. The molecule has 2 aromatic carbocycles. The molecule has 1 unspecified atom stereocenters. The number of benzene rings is 2. The van der Waals surface area contributed by atoms with Crippen LogP contribution in [0.1, 0.15) is 75.5 Å². The molecule has 43 heavy (non-hydrogen) atoms. The fourth-order valence-corrected chi connectivity index (χ4v) is 4.82. The van der Waals surface area contributed by atoms with Crippen molar-refractivity contribution in [2.45, 2.75) is 84.0 Å². The molecule has 0 saturated carbocycles. The molecule has 0 heterocycles. The van der Waals surface area contributed by atoms with E-state index >= 15 is 0 Å². The molecule has 0 radical (unpaired) electrons. The zero-order valence-electron chi connectivity index (χ0n) is 25.1. The van der Waals surface area contributed by atoms with Gasteiger partial charge in [0.15, 0.2) is 0 Å². The maximum Gasteiger partial charge on any atom is 0.416 e. The van der Waals surface area contributed by atoms with Crippen molar-refractivity contribution >= 4 is 11.8 Å². The van der Waals surface area contributed by atoms with Gasteiger partial charge in [-0.1, -0.05) is 38.5 Å². The van der Waals surface area contributed by atoms with Crippen LogP contribution in [-0.4, -0.2) is 54.2 Å². The molecule has 0 aliphatic rings. The molecular formula is C32H45F4N3O4. The Bertz CT molecular complexity index is 1150. The first-order valence-electron chi connectivity index (χ1n) is 14.9. The fourth-order valence-electron chi connectivity index (χ4n) is 4.82. The van der Waals surface area contributed by atoms with Gasteiger partial charge in [0.25, 0.3) is 0 Å². The smallest absolute Gasteiger partial charge is 0.416 e. The van der Waals surface area contributed by atoms with Crippen LogP contribution in [0.25, 0.3) is 0 Å². The minimum Gasteiger partial charge on any atom is -0.493 e. The first kappa shape index (κ1) is 36.0. The number of aliphatic hydroxyl groups excluding tert-OH is 1. The quantitative estimate of drug-likeness (QED) is 0.169. The highest BCUT2D eigenvalue weighted by atomic mass is 19.4. The highest BCUT2D eigenvalue weighted by molar-refractivity contribution is 5.82. The number of primary amides is 1. The van der Waals surface area contributed by atoms with E-state index in [-0.39, 0.29) is 37.8 Å². The predicted octanol–water partition coefficient (Wildman–Crippen LogP) is 5.62. The van der Waals surface area contributed by atoms with Crippen LogP contribution in [0.5, 0.6) is 5.75 Å². The van der Waals surface area contributed by atoms with Crippen molar-refractivity contribution in [3.63, 3.8) is 0 Å². The average Bonchev–Trinajstić information content (AvgIpc) is 2.95. The van der Waals surface area contributed by atoms with Crippen LogP contribution in [0, 0.1) is 11.7 Å². The number of alkyl halides is 3. The molecule has 0 spiro atoms. The minimum atomic E-state index is -4.41. The van der Waals surface area contributed by atoms with Gasteiger partial charge >= 0.3 is 6.18 Å². The van der Waals surface area contributed by atoms with Crippen molar-refractivity contribution < 1.29 is 37.0 Å². The molecule has 0 saturated heterocycles. The van der Waals surface area contributed by atoms with Gasteiger partial charge in [-0.2, -0.15) is 13.2 Å². The first-order chi connectivity index (χ1) is 20.4. The van der Waals surface area contributed by atoms with Gasteiger partial charge in [0.1, 0.15) is 11.6 Å². The Balaban J connectivity index is 1.85. The molecule has 2 atom stereocenters. The van der Waals surface area contributed by atoms with E-state index in [4.69, 9.17) is 10.5 Å². The zero-order chi connectivity index (χ0) is 31.8. The van der Waals surface area contributed by atoms with E-state index < -0.39 is 29.6 Å². The van der Waals surface area contributed by atoms with E-state index in [0.717, 1.165) is 31.4 Å². The van der Waals surface area contributed by atoms with Crippen LogP contribution in [0.3, 0.4) is 0 Å². The second-order valence-corrected chi connectivity index (χ2v) is 10.9. The molecule has 0 aromatic heterocycles. The normalized spacial score (nSPS) is 13.0. The summed E-state index contributed by atoms with van der Waals surface area (Å²) in [6, 6.07) is 9.47. The van der Waals surface area contributed by atoms with Gasteiger partial charge in [-0.15, -0.1) is 0 Å². The number of amides is 2. The number of carbonyl (C=O) groups excluding carboxylic acids is 2. The fraction of sp³-hybridized carbons (Fsp3) is 0.562. The standard InChI is InChI=1S/C32H45F4N3O4/c1-3-6-23(13-15-39(14-4-2)31(42)12-11-30(37)41)22-43-29-18-24(17-27(33)19-29)9-10-28(40)21-38-20-25-7-5-8-26(16-25)32(34,35)36/h5,7-8,16-19,23,28,38,40H,3-4,6,9-15,20-22H2,1-2H3,(H2,37,41)/t23?,28-/m0/s1. The van der Waals surface area contributed by atoms with E-state index in [0.29, 0.717) is 55.8 Å². The van der Waals surface area contributed by atoms with Gasteiger partial charge < -0.3 is 25.8 Å². The number of aryl methyl sites for hydroxylation is 1. The lowest BCUT2D eigenvalue weighted by Crippen LogP contribution is -2.34. The average molecular weight is 612 g/mol. The van der Waals surface area contributed by atoms with Crippen LogP contribution >= 0.6 is 0 Å². The molecule has 240 valence electrons. The van der Waals surface area contributed by atoms with Gasteiger partial charge in [-0.25, -0.2) is 4.39 Å². The molecular weight excluding hydrogens is 566 g/mol. The Morgan fingerprint density at radius 2 is 1.77 bits per heavy atom. The third-order valence-corrected chi connectivity index (χ3v) is 7.08. The highest BCUT2D eigenvalue weighted by Crippen LogP contribution is 2.29. The molecule has 2 rings (SSSR count). The highest BCUT2D eigenvalue weighted by Gasteiger charge is 2.30. The summed E-state index contributed by atoms with van der Waals surface area (Å²) in [4.78, 5) is 25.3. The summed E-state index contributed by atoms with van der Waals surface area (Å²) < 4.78 is 59.0. The summed E-state index contributed by atoms with van der Waals surface area (Å²) in [6.07, 6.45) is -1.06. The molecule has 0 aliphatic heterocycles. The Hall–Kier alpha value is -3.18. The van der Waals surface area contributed by atoms with Crippen LogP contribution < -0.4 is 15.8 Å². The Morgan fingerprint density at radius 1 is 1.00 bits per heavy atom. The van der Waals surface area contributed by atoms with Crippen LogP contribution in [0.2, 0.25) is 0 Å². The van der Waals surface area contributed by atoms with Crippen LogP contribution in [0.15, 0.2) is 42.5 Å². The molecule has 0 bridgehead atoms. The summed E-state index contributed by atoms with van der Waals surface area (Å²) in [5, 5.41) is 13.3. The predicted molar refractivity (Wildman–Crippen MR) is 158 cm³/mol. The summed E-state index contributed by atoms with van der Waals surface area (Å²) in [6.45, 7) is 5.88. The van der Waals surface area contributed by atoms with E-state index in [1.807, 2.05) is 6.92 Å².